The number of aryl methyl sites for hydroxylation is 2. The predicted octanol–water partition coefficient (Wildman–Crippen LogP) is 1.14. The molecule has 0 radical (unpaired) electrons. The quantitative estimate of drug-likeness (QED) is 0.509. The Balaban J connectivity index is 1.52. The maximum absolute atomic E-state index is 14.1. The normalized spacial score (nSPS) is 11.0. The lowest BCUT2D eigenvalue weighted by atomic mass is 10.2. The number of halogens is 1. The number of rotatable bonds is 5. The van der Waals surface area contributed by atoms with Crippen LogP contribution in [0.15, 0.2) is 52.1 Å². The van der Waals surface area contributed by atoms with Crippen LogP contribution in [0.4, 0.5) is 10.1 Å². The van der Waals surface area contributed by atoms with Gasteiger partial charge in [0.05, 0.1) is 28.7 Å². The molecule has 0 aliphatic rings. The number of nitrogens with one attached hydrogen (secondary N) is 2. The van der Waals surface area contributed by atoms with Crippen molar-refractivity contribution in [2.45, 2.75) is 19.9 Å². The molecule has 10 nitrogen and oxygen atoms in total. The highest BCUT2D eigenvalue weighted by atomic mass is 19.1. The maximum atomic E-state index is 14.1. The van der Waals surface area contributed by atoms with Crippen molar-refractivity contribution in [2.24, 2.45) is 0 Å². The van der Waals surface area contributed by atoms with Gasteiger partial charge in [0.2, 0.25) is 5.91 Å². The summed E-state index contributed by atoms with van der Waals surface area (Å²) >= 11 is 0. The second-order valence-electron chi connectivity index (χ2n) is 6.54. The van der Waals surface area contributed by atoms with E-state index in [1.165, 1.54) is 22.9 Å². The van der Waals surface area contributed by atoms with Crippen LogP contribution in [0.1, 0.15) is 12.2 Å². The summed E-state index contributed by atoms with van der Waals surface area (Å²) in [4.78, 5) is 36.9. The number of H-pyrrole nitrogens is 1. The number of hydrogen-bond donors (Lipinski definition) is 2. The highest BCUT2D eigenvalue weighted by molar-refractivity contribution is 5.91. The Hall–Kier alpha value is -4.15. The minimum Gasteiger partial charge on any atom is -0.323 e. The molecule has 0 saturated heterocycles. The second kappa shape index (κ2) is 7.70. The van der Waals surface area contributed by atoms with Crippen molar-refractivity contribution in [3.8, 4) is 5.69 Å². The molecule has 4 aromatic rings. The molecule has 11 heteroatoms. The Bertz CT molecular complexity index is 1370. The molecule has 0 fully saturated rings. The van der Waals surface area contributed by atoms with Gasteiger partial charge in [-0.15, -0.1) is 5.10 Å². The third-order valence-corrected chi connectivity index (χ3v) is 4.54. The number of carbonyl (C=O) groups is 1. The first-order chi connectivity index (χ1) is 14.4. The van der Waals surface area contributed by atoms with Gasteiger partial charge in [0.15, 0.2) is 5.82 Å². The summed E-state index contributed by atoms with van der Waals surface area (Å²) in [5, 5.41) is 16.6. The summed E-state index contributed by atoms with van der Waals surface area (Å²) in [5.74, 6) is -0.659. The predicted molar refractivity (Wildman–Crippen MR) is 106 cm³/mol. The smallest absolute Gasteiger partial charge is 0.273 e. The van der Waals surface area contributed by atoms with E-state index in [0.717, 1.165) is 4.68 Å². The summed E-state index contributed by atoms with van der Waals surface area (Å²) < 4.78 is 16.6. The Morgan fingerprint density at radius 2 is 1.93 bits per heavy atom. The van der Waals surface area contributed by atoms with Gasteiger partial charge in [-0.25, -0.2) is 9.07 Å². The van der Waals surface area contributed by atoms with Crippen LogP contribution in [0.5, 0.6) is 0 Å². The molecule has 152 valence electrons. The van der Waals surface area contributed by atoms with Crippen LogP contribution in [0.2, 0.25) is 0 Å². The molecule has 0 aliphatic carbocycles. The molecule has 2 N–H and O–H groups in total. The molecule has 30 heavy (non-hydrogen) atoms. The zero-order valence-electron chi connectivity index (χ0n) is 15.8. The summed E-state index contributed by atoms with van der Waals surface area (Å²) in [6.45, 7) is 1.61. The molecule has 2 heterocycles. The highest BCUT2D eigenvalue weighted by Crippen LogP contribution is 2.19. The number of carbonyl (C=O) groups excluding carboxylic acids is 1. The van der Waals surface area contributed by atoms with Crippen LogP contribution < -0.4 is 16.4 Å². The fourth-order valence-corrected chi connectivity index (χ4v) is 3.04. The van der Waals surface area contributed by atoms with Gasteiger partial charge >= 0.3 is 0 Å². The molecule has 0 aliphatic heterocycles. The van der Waals surface area contributed by atoms with E-state index in [9.17, 15) is 18.8 Å². The molecular weight excluding hydrogens is 393 g/mol. The maximum Gasteiger partial charge on any atom is 0.273 e. The van der Waals surface area contributed by atoms with Gasteiger partial charge in [-0.1, -0.05) is 12.1 Å². The Morgan fingerprint density at radius 3 is 2.67 bits per heavy atom. The molecule has 4 rings (SSSR count). The van der Waals surface area contributed by atoms with Gasteiger partial charge in [-0.2, -0.15) is 4.68 Å². The zero-order valence-corrected chi connectivity index (χ0v) is 15.8. The van der Waals surface area contributed by atoms with Crippen molar-refractivity contribution in [1.29, 1.82) is 0 Å². The Morgan fingerprint density at radius 1 is 1.17 bits per heavy atom. The second-order valence-corrected chi connectivity index (χ2v) is 6.54. The molecule has 0 atom stereocenters. The standard InChI is InChI=1S/C19H16FN7O3/c1-11-22-24-25-27(11)12-6-7-15(20)16(10-12)21-17(28)8-9-26-19(30)14-5-3-2-4-13(14)18(29)23-26/h2-7,10H,8-9H2,1H3,(H,21,28)(H,23,29). The van der Waals surface area contributed by atoms with Crippen LogP contribution in [0.3, 0.4) is 0 Å². The van der Waals surface area contributed by atoms with Gasteiger partial charge < -0.3 is 5.32 Å². The largest absolute Gasteiger partial charge is 0.323 e. The first-order valence-electron chi connectivity index (χ1n) is 9.00. The molecule has 0 saturated carbocycles. The third kappa shape index (κ3) is 3.60. The van der Waals surface area contributed by atoms with E-state index >= 15 is 0 Å². The first-order valence-corrected chi connectivity index (χ1v) is 9.00. The van der Waals surface area contributed by atoms with E-state index in [2.05, 4.69) is 25.9 Å². The van der Waals surface area contributed by atoms with Gasteiger partial charge in [-0.05, 0) is 47.7 Å². The number of nitrogens with zero attached hydrogens (tertiary/aromatic N) is 5. The minimum absolute atomic E-state index is 0.0493. The van der Waals surface area contributed by atoms with Crippen LogP contribution in [-0.4, -0.2) is 35.9 Å². The number of fused-ring (bicyclic) bond motifs is 1. The highest BCUT2D eigenvalue weighted by Gasteiger charge is 2.12. The molecule has 2 aromatic heterocycles. The van der Waals surface area contributed by atoms with Crippen molar-refractivity contribution in [3.63, 3.8) is 0 Å². The number of aromatic amines is 1. The van der Waals surface area contributed by atoms with Crippen LogP contribution >= 0.6 is 0 Å². The summed E-state index contributed by atoms with van der Waals surface area (Å²) in [6, 6.07) is 10.5. The lowest BCUT2D eigenvalue weighted by Crippen LogP contribution is -2.31. The van der Waals surface area contributed by atoms with Crippen molar-refractivity contribution in [2.75, 3.05) is 5.32 Å². The number of hydrogen-bond acceptors (Lipinski definition) is 6. The average Bonchev–Trinajstić information content (AvgIpc) is 3.17. The molecule has 0 bridgehead atoms. The van der Waals surface area contributed by atoms with Gasteiger partial charge in [0.25, 0.3) is 11.1 Å². The summed E-state index contributed by atoms with van der Waals surface area (Å²) in [5.41, 5.74) is -0.419. The lowest BCUT2D eigenvalue weighted by Gasteiger charge is -2.10. The molecule has 1 amide bonds. The Kier molecular flexibility index (Phi) is 4.92. The van der Waals surface area contributed by atoms with Crippen molar-refractivity contribution in [1.82, 2.24) is 30.0 Å². The number of amides is 1. The first kappa shape index (κ1) is 19.2. The number of anilines is 1. The fourth-order valence-electron chi connectivity index (χ4n) is 3.04. The summed E-state index contributed by atoms with van der Waals surface area (Å²) in [7, 11) is 0. The summed E-state index contributed by atoms with van der Waals surface area (Å²) in [6.07, 6.45) is -0.151. The molecule has 0 spiro atoms. The zero-order chi connectivity index (χ0) is 21.3. The minimum atomic E-state index is -0.630. The number of tetrazole rings is 1. The number of benzene rings is 2. The van der Waals surface area contributed by atoms with E-state index < -0.39 is 22.8 Å². The van der Waals surface area contributed by atoms with Gasteiger partial charge in [0, 0.05) is 6.42 Å². The van der Waals surface area contributed by atoms with Crippen LogP contribution in [0.25, 0.3) is 16.5 Å². The monoisotopic (exact) mass is 409 g/mol. The Labute approximate surface area is 167 Å². The van der Waals surface area contributed by atoms with Crippen LogP contribution in [-0.2, 0) is 11.3 Å². The SMILES string of the molecule is Cc1nnnn1-c1ccc(F)c(NC(=O)CCn2[nH]c(=O)c3ccccc3c2=O)c1. The number of aromatic nitrogens is 6. The molecule has 2 aromatic carbocycles. The topological polar surface area (TPSA) is 128 Å². The molecular formula is C19H16FN7O3. The van der Waals surface area contributed by atoms with Crippen molar-refractivity contribution >= 4 is 22.4 Å². The fraction of sp³-hybridized carbons (Fsp3) is 0.158. The lowest BCUT2D eigenvalue weighted by molar-refractivity contribution is -0.116. The average molecular weight is 409 g/mol. The molecule has 0 unspecified atom stereocenters. The van der Waals surface area contributed by atoms with Gasteiger partial charge in [0.1, 0.15) is 5.82 Å². The van der Waals surface area contributed by atoms with E-state index in [-0.39, 0.29) is 29.4 Å². The van der Waals surface area contributed by atoms with Crippen LogP contribution in [0, 0.1) is 12.7 Å². The van der Waals surface area contributed by atoms with Gasteiger partial charge in [-0.3, -0.25) is 19.5 Å². The van der Waals surface area contributed by atoms with Crippen molar-refractivity contribution < 1.29 is 9.18 Å². The van der Waals surface area contributed by atoms with E-state index in [4.69, 9.17) is 0 Å². The third-order valence-electron chi connectivity index (χ3n) is 4.54. The van der Waals surface area contributed by atoms with E-state index in [1.807, 2.05) is 0 Å². The van der Waals surface area contributed by atoms with Crippen molar-refractivity contribution in [3.05, 3.63) is 74.8 Å². The van der Waals surface area contributed by atoms with E-state index in [1.54, 1.807) is 31.2 Å². The van der Waals surface area contributed by atoms with E-state index in [0.29, 0.717) is 11.5 Å².